The van der Waals surface area contributed by atoms with Crippen LogP contribution in [0.25, 0.3) is 0 Å². The van der Waals surface area contributed by atoms with E-state index in [4.69, 9.17) is 16.3 Å². The van der Waals surface area contributed by atoms with Gasteiger partial charge in [-0.2, -0.15) is 0 Å². The van der Waals surface area contributed by atoms with E-state index >= 15 is 0 Å². The van der Waals surface area contributed by atoms with Gasteiger partial charge in [-0.05, 0) is 60.2 Å². The van der Waals surface area contributed by atoms with Crippen molar-refractivity contribution in [1.82, 2.24) is 0 Å². The van der Waals surface area contributed by atoms with Crippen molar-refractivity contribution < 1.29 is 19.2 Å². The number of nitro groups is 1. The maximum absolute atomic E-state index is 13.3. The van der Waals surface area contributed by atoms with Gasteiger partial charge in [0.25, 0.3) is 11.6 Å². The van der Waals surface area contributed by atoms with E-state index in [0.29, 0.717) is 27.7 Å². The van der Waals surface area contributed by atoms with Gasteiger partial charge in [-0.15, -0.1) is 11.8 Å². The number of non-ortho nitro benzene ring substituents is 1. The molecule has 0 aliphatic carbocycles. The molecule has 0 spiro atoms. The molecule has 192 valence electrons. The smallest absolute Gasteiger partial charge is 0.269 e. The minimum atomic E-state index is -0.558. The number of carbonyl (C=O) groups excluding carboxylic acids is 2. The molecule has 0 heterocycles. The minimum absolute atomic E-state index is 0.0879. The molecule has 0 aromatic heterocycles. The van der Waals surface area contributed by atoms with Crippen LogP contribution in [-0.4, -0.2) is 23.8 Å². The summed E-state index contributed by atoms with van der Waals surface area (Å²) in [5, 5.41) is 16.3. The van der Waals surface area contributed by atoms with Crippen LogP contribution in [0.5, 0.6) is 5.75 Å². The highest BCUT2D eigenvalue weighted by atomic mass is 35.5. The summed E-state index contributed by atoms with van der Waals surface area (Å²) in [5.41, 5.74) is 2.13. The lowest BCUT2D eigenvalue weighted by atomic mass is 10.1. The van der Waals surface area contributed by atoms with Crippen molar-refractivity contribution in [3.8, 4) is 5.75 Å². The lowest BCUT2D eigenvalue weighted by Gasteiger charge is -2.18. The summed E-state index contributed by atoms with van der Waals surface area (Å²) in [5.74, 6) is -0.0996. The Morgan fingerprint density at radius 1 is 0.895 bits per heavy atom. The zero-order valence-electron chi connectivity index (χ0n) is 20.1. The Labute approximate surface area is 228 Å². The maximum Gasteiger partial charge on any atom is 0.269 e. The van der Waals surface area contributed by atoms with Crippen LogP contribution in [0.2, 0.25) is 5.02 Å². The van der Waals surface area contributed by atoms with Gasteiger partial charge in [0.1, 0.15) is 11.0 Å². The van der Waals surface area contributed by atoms with Crippen LogP contribution in [0.15, 0.2) is 102 Å². The van der Waals surface area contributed by atoms with Gasteiger partial charge >= 0.3 is 0 Å². The Morgan fingerprint density at radius 2 is 1.55 bits per heavy atom. The summed E-state index contributed by atoms with van der Waals surface area (Å²) < 4.78 is 5.17. The number of thioether (sulfide) groups is 1. The number of benzene rings is 4. The first-order chi connectivity index (χ1) is 18.3. The molecule has 2 amide bonds. The molecule has 0 fully saturated rings. The van der Waals surface area contributed by atoms with Crippen LogP contribution in [0, 0.1) is 10.1 Å². The number of nitrogens with zero attached hydrogens (tertiary/aromatic N) is 1. The van der Waals surface area contributed by atoms with Gasteiger partial charge in [0.15, 0.2) is 0 Å². The number of carbonyl (C=O) groups is 2. The molecule has 4 aromatic carbocycles. The summed E-state index contributed by atoms with van der Waals surface area (Å²) in [4.78, 5) is 36.9. The highest BCUT2D eigenvalue weighted by Gasteiger charge is 2.22. The highest BCUT2D eigenvalue weighted by molar-refractivity contribution is 8.00. The fraction of sp³-hybridized carbons (Fsp3) is 0.0714. The number of nitro benzene ring substituents is 1. The Morgan fingerprint density at radius 3 is 2.16 bits per heavy atom. The van der Waals surface area contributed by atoms with Crippen LogP contribution in [0.3, 0.4) is 0 Å². The highest BCUT2D eigenvalue weighted by Crippen LogP contribution is 2.37. The Balaban J connectivity index is 1.47. The van der Waals surface area contributed by atoms with Gasteiger partial charge < -0.3 is 15.4 Å². The lowest BCUT2D eigenvalue weighted by molar-refractivity contribution is -0.384. The molecular formula is C28H22ClN3O5S. The summed E-state index contributed by atoms with van der Waals surface area (Å²) in [6.45, 7) is 0. The van der Waals surface area contributed by atoms with Crippen molar-refractivity contribution in [2.45, 2.75) is 10.1 Å². The second-order valence-corrected chi connectivity index (χ2v) is 9.62. The molecule has 1 atom stereocenters. The van der Waals surface area contributed by atoms with Crippen LogP contribution < -0.4 is 15.4 Å². The number of hydrogen-bond donors (Lipinski definition) is 2. The van der Waals surface area contributed by atoms with E-state index in [9.17, 15) is 19.7 Å². The molecule has 0 radical (unpaired) electrons. The topological polar surface area (TPSA) is 111 Å². The van der Waals surface area contributed by atoms with Gasteiger partial charge in [0, 0.05) is 34.0 Å². The molecule has 8 nitrogen and oxygen atoms in total. The zero-order valence-corrected chi connectivity index (χ0v) is 21.7. The molecule has 0 bridgehead atoms. The summed E-state index contributed by atoms with van der Waals surface area (Å²) in [6, 6.07) is 26.9. The molecule has 0 aliphatic rings. The van der Waals surface area contributed by atoms with Gasteiger partial charge in [-0.3, -0.25) is 19.7 Å². The van der Waals surface area contributed by atoms with Crippen molar-refractivity contribution in [1.29, 1.82) is 0 Å². The minimum Gasteiger partial charge on any atom is -0.495 e. The normalized spacial score (nSPS) is 11.3. The van der Waals surface area contributed by atoms with Crippen LogP contribution in [0.4, 0.5) is 17.1 Å². The van der Waals surface area contributed by atoms with Crippen LogP contribution in [0.1, 0.15) is 21.2 Å². The monoisotopic (exact) mass is 547 g/mol. The van der Waals surface area contributed by atoms with Gasteiger partial charge in [-0.25, -0.2) is 0 Å². The van der Waals surface area contributed by atoms with Crippen molar-refractivity contribution in [2.24, 2.45) is 0 Å². The van der Waals surface area contributed by atoms with E-state index < -0.39 is 10.2 Å². The van der Waals surface area contributed by atoms with E-state index in [1.807, 2.05) is 42.5 Å². The molecule has 0 aliphatic heterocycles. The lowest BCUT2D eigenvalue weighted by Crippen LogP contribution is -2.19. The Hall–Kier alpha value is -4.34. The largest absolute Gasteiger partial charge is 0.495 e. The average Bonchev–Trinajstić information content (AvgIpc) is 2.93. The first-order valence-corrected chi connectivity index (χ1v) is 12.6. The molecule has 0 saturated heterocycles. The molecular weight excluding hydrogens is 526 g/mol. The Bertz CT molecular complexity index is 1450. The number of amides is 2. The van der Waals surface area contributed by atoms with Crippen LogP contribution >= 0.6 is 23.4 Å². The van der Waals surface area contributed by atoms with Crippen molar-refractivity contribution in [3.63, 3.8) is 0 Å². The predicted molar refractivity (Wildman–Crippen MR) is 149 cm³/mol. The summed E-state index contributed by atoms with van der Waals surface area (Å²) in [7, 11) is 1.52. The first-order valence-electron chi connectivity index (χ1n) is 11.4. The summed E-state index contributed by atoms with van der Waals surface area (Å²) >= 11 is 7.57. The third-order valence-corrected chi connectivity index (χ3v) is 7.03. The zero-order chi connectivity index (χ0) is 27.1. The molecule has 4 rings (SSSR count). The number of halogens is 1. The number of hydrogen-bond acceptors (Lipinski definition) is 6. The van der Waals surface area contributed by atoms with Gasteiger partial charge in [-0.1, -0.05) is 41.9 Å². The predicted octanol–water partition coefficient (Wildman–Crippen LogP) is 6.98. The number of nitrogens with one attached hydrogen (secondary N) is 2. The number of methoxy groups -OCH3 is 1. The summed E-state index contributed by atoms with van der Waals surface area (Å²) in [6.07, 6.45) is 0. The third-order valence-electron chi connectivity index (χ3n) is 5.47. The van der Waals surface area contributed by atoms with Gasteiger partial charge in [0.2, 0.25) is 5.91 Å². The van der Waals surface area contributed by atoms with Crippen molar-refractivity contribution in [3.05, 3.63) is 123 Å². The SMILES string of the molecule is COc1ccc(NC(=O)C(Sc2ccc(NC(=O)c3ccc([N+](=O)[O-])cc3)cc2)c2ccccc2)cc1Cl. The quantitative estimate of drug-likeness (QED) is 0.133. The second kappa shape index (κ2) is 12.3. The van der Waals surface area contributed by atoms with E-state index in [1.54, 1.807) is 30.3 Å². The molecule has 0 saturated carbocycles. The van der Waals surface area contributed by atoms with Crippen molar-refractivity contribution in [2.75, 3.05) is 17.7 Å². The fourth-order valence-corrected chi connectivity index (χ4v) is 4.83. The molecule has 10 heteroatoms. The standard InChI is InChI=1S/C28H22ClN3O5S/c1-37-25-16-11-21(17-24(25)29)31-28(34)26(18-5-3-2-4-6-18)38-23-14-9-20(10-15-23)30-27(33)19-7-12-22(13-8-19)32(35)36/h2-17,26H,1H3,(H,30,33)(H,31,34). The molecule has 1 unspecified atom stereocenters. The average molecular weight is 548 g/mol. The number of anilines is 2. The number of ether oxygens (including phenoxy) is 1. The molecule has 38 heavy (non-hydrogen) atoms. The Kier molecular flexibility index (Phi) is 8.62. The first kappa shape index (κ1) is 26.7. The second-order valence-electron chi connectivity index (χ2n) is 8.03. The molecule has 4 aromatic rings. The van der Waals surface area contributed by atoms with Crippen LogP contribution in [-0.2, 0) is 4.79 Å². The molecule has 2 N–H and O–H groups in total. The maximum atomic E-state index is 13.3. The fourth-order valence-electron chi connectivity index (χ4n) is 3.54. The van der Waals surface area contributed by atoms with Crippen molar-refractivity contribution >= 4 is 52.2 Å². The third kappa shape index (κ3) is 6.70. The van der Waals surface area contributed by atoms with E-state index in [2.05, 4.69) is 10.6 Å². The van der Waals surface area contributed by atoms with Gasteiger partial charge in [0.05, 0.1) is 17.1 Å². The van der Waals surface area contributed by atoms with E-state index in [1.165, 1.54) is 43.1 Å². The number of rotatable bonds is 9. The van der Waals surface area contributed by atoms with E-state index in [-0.39, 0.29) is 17.5 Å². The van der Waals surface area contributed by atoms with E-state index in [0.717, 1.165) is 10.5 Å².